The van der Waals surface area contributed by atoms with E-state index in [9.17, 15) is 8.42 Å². The van der Waals surface area contributed by atoms with E-state index in [0.717, 1.165) is 68.3 Å². The second kappa shape index (κ2) is 15.4. The summed E-state index contributed by atoms with van der Waals surface area (Å²) in [6, 6.07) is 19.9. The summed E-state index contributed by atoms with van der Waals surface area (Å²) < 4.78 is 28.7. The third-order valence-corrected chi connectivity index (χ3v) is 9.38. The number of halogens is 3. The minimum Gasteiger partial charge on any atom is -0.399 e. The number of hydrogen-bond acceptors (Lipinski definition) is 5. The first kappa shape index (κ1) is 33.6. The molecular weight excluding hydrogens is 575 g/mol. The fourth-order valence-corrected chi connectivity index (χ4v) is 7.00. The monoisotopic (exact) mass is 614 g/mol. The van der Waals surface area contributed by atoms with Crippen molar-refractivity contribution in [2.75, 3.05) is 38.5 Å². The zero-order valence-electron chi connectivity index (χ0n) is 22.2. The van der Waals surface area contributed by atoms with Crippen LogP contribution in [0.5, 0.6) is 0 Å². The molecule has 0 aromatic heterocycles. The van der Waals surface area contributed by atoms with Gasteiger partial charge >= 0.3 is 0 Å². The Morgan fingerprint density at radius 3 is 2.44 bits per heavy atom. The van der Waals surface area contributed by atoms with Gasteiger partial charge in [-0.1, -0.05) is 42.5 Å². The SMILES string of the molecule is Cl.Cl.Cl.Nc1ccc2c(c1)CC(NCC1CCN(CCNS(=O)(=O)c3cccc4ccccc34)CC1)CCC2. The molecule has 1 fully saturated rings. The number of likely N-dealkylation sites (tertiary alicyclic amines) is 1. The van der Waals surface area contributed by atoms with Crippen LogP contribution in [0.25, 0.3) is 10.8 Å². The molecule has 1 aliphatic heterocycles. The summed E-state index contributed by atoms with van der Waals surface area (Å²) >= 11 is 0. The van der Waals surface area contributed by atoms with Crippen molar-refractivity contribution in [3.63, 3.8) is 0 Å². The topological polar surface area (TPSA) is 87.5 Å². The Hall–Kier alpha value is -1.58. The van der Waals surface area contributed by atoms with Gasteiger partial charge in [0, 0.05) is 30.2 Å². The molecule has 3 aromatic carbocycles. The van der Waals surface area contributed by atoms with E-state index in [-0.39, 0.29) is 37.2 Å². The summed E-state index contributed by atoms with van der Waals surface area (Å²) in [5.74, 6) is 0.678. The normalized spacial score (nSPS) is 18.2. The van der Waals surface area contributed by atoms with Gasteiger partial charge in [0.2, 0.25) is 10.0 Å². The van der Waals surface area contributed by atoms with E-state index in [0.29, 0.717) is 23.4 Å². The first-order valence-corrected chi connectivity index (χ1v) is 14.8. The lowest BCUT2D eigenvalue weighted by Gasteiger charge is -2.33. The lowest BCUT2D eigenvalue weighted by atomic mass is 9.95. The van der Waals surface area contributed by atoms with Gasteiger partial charge in [0.15, 0.2) is 0 Å². The molecule has 0 bridgehead atoms. The van der Waals surface area contributed by atoms with Crippen LogP contribution >= 0.6 is 37.2 Å². The van der Waals surface area contributed by atoms with Crippen molar-refractivity contribution in [1.29, 1.82) is 0 Å². The van der Waals surface area contributed by atoms with Gasteiger partial charge in [-0.3, -0.25) is 0 Å². The number of fused-ring (bicyclic) bond motifs is 2. The van der Waals surface area contributed by atoms with Gasteiger partial charge in [-0.2, -0.15) is 0 Å². The lowest BCUT2D eigenvalue weighted by Crippen LogP contribution is -2.42. The molecule has 4 N–H and O–H groups in total. The highest BCUT2D eigenvalue weighted by atomic mass is 35.5. The highest BCUT2D eigenvalue weighted by Crippen LogP contribution is 2.25. The number of nitrogens with zero attached hydrogens (tertiary/aromatic N) is 1. The number of nitrogens with two attached hydrogens (primary N) is 1. The van der Waals surface area contributed by atoms with Gasteiger partial charge in [0.1, 0.15) is 0 Å². The zero-order valence-corrected chi connectivity index (χ0v) is 25.4. The first-order valence-electron chi connectivity index (χ1n) is 13.3. The molecule has 3 aromatic rings. The Bertz CT molecular complexity index is 1300. The van der Waals surface area contributed by atoms with Crippen LogP contribution in [-0.4, -0.2) is 52.1 Å². The first-order chi connectivity index (χ1) is 17.5. The Morgan fingerprint density at radius 1 is 0.897 bits per heavy atom. The van der Waals surface area contributed by atoms with Crippen molar-refractivity contribution in [3.8, 4) is 0 Å². The third-order valence-electron chi connectivity index (χ3n) is 7.86. The molecule has 1 heterocycles. The third kappa shape index (κ3) is 8.70. The number of benzene rings is 3. The van der Waals surface area contributed by atoms with Crippen molar-refractivity contribution >= 4 is 63.7 Å². The van der Waals surface area contributed by atoms with Crippen LogP contribution in [0.1, 0.15) is 36.8 Å². The van der Waals surface area contributed by atoms with Crippen LogP contribution in [0.15, 0.2) is 65.6 Å². The van der Waals surface area contributed by atoms with Crippen molar-refractivity contribution in [2.45, 2.75) is 49.5 Å². The summed E-state index contributed by atoms with van der Waals surface area (Å²) in [6.45, 7) is 4.27. The summed E-state index contributed by atoms with van der Waals surface area (Å²) in [7, 11) is -3.54. The number of hydrogen-bond donors (Lipinski definition) is 3. The van der Waals surface area contributed by atoms with Gasteiger partial charge < -0.3 is 16.0 Å². The minimum atomic E-state index is -3.54. The van der Waals surface area contributed by atoms with Gasteiger partial charge in [0.25, 0.3) is 0 Å². The molecule has 216 valence electrons. The van der Waals surface area contributed by atoms with E-state index in [4.69, 9.17) is 5.73 Å². The maximum atomic E-state index is 13.0. The fraction of sp³-hybridized carbons (Fsp3) is 0.448. The summed E-state index contributed by atoms with van der Waals surface area (Å²) in [5.41, 5.74) is 9.76. The maximum Gasteiger partial charge on any atom is 0.241 e. The predicted molar refractivity (Wildman–Crippen MR) is 169 cm³/mol. The van der Waals surface area contributed by atoms with E-state index < -0.39 is 10.0 Å². The van der Waals surface area contributed by atoms with Crippen molar-refractivity contribution in [1.82, 2.24) is 14.9 Å². The fourth-order valence-electron chi connectivity index (χ4n) is 5.75. The second-order valence-electron chi connectivity index (χ2n) is 10.4. The molecule has 5 rings (SSSR count). The number of nitrogens with one attached hydrogen (secondary N) is 2. The molecule has 2 aliphatic rings. The van der Waals surface area contributed by atoms with Crippen molar-refractivity contribution in [3.05, 3.63) is 71.8 Å². The van der Waals surface area contributed by atoms with Crippen LogP contribution in [0, 0.1) is 5.92 Å². The Kier molecular flexibility index (Phi) is 13.3. The lowest BCUT2D eigenvalue weighted by molar-refractivity contribution is 0.182. The molecular formula is C29H41Cl3N4O2S. The summed E-state index contributed by atoms with van der Waals surface area (Å²) in [4.78, 5) is 2.74. The molecule has 1 atom stereocenters. The number of rotatable bonds is 8. The van der Waals surface area contributed by atoms with E-state index in [1.165, 1.54) is 24.0 Å². The number of nitrogen functional groups attached to an aromatic ring is 1. The minimum absolute atomic E-state index is 0. The van der Waals surface area contributed by atoms with Gasteiger partial charge in [0.05, 0.1) is 4.90 Å². The molecule has 0 amide bonds. The number of piperidine rings is 1. The molecule has 1 unspecified atom stereocenters. The van der Waals surface area contributed by atoms with Gasteiger partial charge in [-0.25, -0.2) is 13.1 Å². The molecule has 0 saturated carbocycles. The summed E-state index contributed by atoms with van der Waals surface area (Å²) in [5, 5.41) is 5.55. The van der Waals surface area contributed by atoms with Crippen LogP contribution in [-0.2, 0) is 22.9 Å². The second-order valence-corrected chi connectivity index (χ2v) is 12.1. The van der Waals surface area contributed by atoms with E-state index >= 15 is 0 Å². The molecule has 6 nitrogen and oxygen atoms in total. The number of anilines is 1. The molecule has 1 saturated heterocycles. The van der Waals surface area contributed by atoms with E-state index in [2.05, 4.69) is 27.1 Å². The molecule has 0 spiro atoms. The average molecular weight is 616 g/mol. The summed E-state index contributed by atoms with van der Waals surface area (Å²) in [6.07, 6.45) is 6.96. The smallest absolute Gasteiger partial charge is 0.241 e. The Labute approximate surface area is 251 Å². The molecule has 1 aliphatic carbocycles. The van der Waals surface area contributed by atoms with Gasteiger partial charge in [-0.15, -0.1) is 37.2 Å². The standard InChI is InChI=1S/C29H38N4O2S.3ClH/c30-26-12-11-23-6-3-8-27(20-25(23)19-26)31-21-22-13-16-33(17-14-22)18-15-32-36(34,35)29-10-4-7-24-5-1-2-9-28(24)29;;;/h1-2,4-5,7,9-12,19,22,27,31-32H,3,6,8,13-18,20-21,30H2;3*1H. The van der Waals surface area contributed by atoms with Gasteiger partial charge in [-0.05, 0) is 98.8 Å². The Morgan fingerprint density at radius 2 is 1.64 bits per heavy atom. The highest BCUT2D eigenvalue weighted by Gasteiger charge is 2.23. The molecule has 0 radical (unpaired) electrons. The Balaban J connectivity index is 0.00000178. The molecule has 10 heteroatoms. The van der Waals surface area contributed by atoms with E-state index in [1.807, 2.05) is 36.4 Å². The maximum absolute atomic E-state index is 13.0. The molecule has 39 heavy (non-hydrogen) atoms. The number of sulfonamides is 1. The average Bonchev–Trinajstić information content (AvgIpc) is 3.09. The van der Waals surface area contributed by atoms with Crippen LogP contribution in [0.4, 0.5) is 5.69 Å². The van der Waals surface area contributed by atoms with Crippen LogP contribution in [0.2, 0.25) is 0 Å². The van der Waals surface area contributed by atoms with Crippen molar-refractivity contribution < 1.29 is 8.42 Å². The largest absolute Gasteiger partial charge is 0.399 e. The quantitative estimate of drug-likeness (QED) is 0.239. The van der Waals surface area contributed by atoms with Crippen molar-refractivity contribution in [2.24, 2.45) is 5.92 Å². The number of aryl methyl sites for hydroxylation is 1. The zero-order chi connectivity index (χ0) is 25.0. The van der Waals surface area contributed by atoms with Crippen LogP contribution in [0.3, 0.4) is 0 Å². The predicted octanol–water partition coefficient (Wildman–Crippen LogP) is 5.21. The highest BCUT2D eigenvalue weighted by molar-refractivity contribution is 7.89. The van der Waals surface area contributed by atoms with Crippen LogP contribution < -0.4 is 15.8 Å². The van der Waals surface area contributed by atoms with E-state index in [1.54, 1.807) is 12.1 Å².